The summed E-state index contributed by atoms with van der Waals surface area (Å²) in [7, 11) is 0. The van der Waals surface area contributed by atoms with Crippen LogP contribution in [-0.2, 0) is 4.79 Å². The van der Waals surface area contributed by atoms with E-state index in [0.717, 1.165) is 44.1 Å². The first kappa shape index (κ1) is 40.4. The van der Waals surface area contributed by atoms with Crippen LogP contribution >= 0.6 is 0 Å². The first-order chi connectivity index (χ1) is 21.1. The third kappa shape index (κ3) is 13.0. The molecule has 4 nitrogen and oxygen atoms in total. The average molecular weight is 623 g/mol. The van der Waals surface area contributed by atoms with Crippen molar-refractivity contribution in [2.24, 2.45) is 17.3 Å². The fourth-order valence-electron chi connectivity index (χ4n) is 6.09. The van der Waals surface area contributed by atoms with Crippen LogP contribution in [0, 0.1) is 17.3 Å². The summed E-state index contributed by atoms with van der Waals surface area (Å²) in [6.45, 7) is 23.1. The zero-order chi connectivity index (χ0) is 34.3. The topological polar surface area (TPSA) is 77.8 Å². The summed E-state index contributed by atoms with van der Waals surface area (Å²) in [6, 6.07) is 0. The predicted octanol–water partition coefficient (Wildman–Crippen LogP) is 11.9. The van der Waals surface area contributed by atoms with Gasteiger partial charge in [0.05, 0.1) is 17.1 Å². The quantitative estimate of drug-likeness (QED) is 0.125. The summed E-state index contributed by atoms with van der Waals surface area (Å²) < 4.78 is 0. The molecule has 45 heavy (non-hydrogen) atoms. The minimum Gasteiger partial charge on any atom is -0.511 e. The first-order valence-electron chi connectivity index (χ1n) is 17.4. The lowest BCUT2D eigenvalue weighted by molar-refractivity contribution is -0.127. The molecule has 0 aromatic rings. The number of Topliss-reactive ketones (excluding diaryl/α,β-unsaturated/α-hetero) is 1. The Morgan fingerprint density at radius 2 is 1.24 bits per heavy atom. The lowest BCUT2D eigenvalue weighted by Crippen LogP contribution is -2.43. The molecule has 0 saturated heterocycles. The van der Waals surface area contributed by atoms with Crippen molar-refractivity contribution in [3.63, 3.8) is 0 Å². The number of ketones is 1. The Morgan fingerprint density at radius 3 is 1.76 bits per heavy atom. The number of aliphatic hydroxyl groups is 3. The maximum absolute atomic E-state index is 14.6. The van der Waals surface area contributed by atoms with Gasteiger partial charge in [-0.25, -0.2) is 0 Å². The zero-order valence-electron chi connectivity index (χ0n) is 30.6. The van der Waals surface area contributed by atoms with E-state index >= 15 is 0 Å². The normalized spacial score (nSPS) is 19.8. The Kier molecular flexibility index (Phi) is 17.8. The Balaban J connectivity index is 3.75. The lowest BCUT2D eigenvalue weighted by Gasteiger charge is -2.40. The summed E-state index contributed by atoms with van der Waals surface area (Å²) in [5, 5.41) is 34.9. The zero-order valence-corrected chi connectivity index (χ0v) is 30.6. The van der Waals surface area contributed by atoms with Crippen LogP contribution in [0.4, 0.5) is 0 Å². The van der Waals surface area contributed by atoms with Crippen molar-refractivity contribution >= 4 is 5.78 Å². The molecule has 0 radical (unpaired) electrons. The van der Waals surface area contributed by atoms with Gasteiger partial charge in [-0.1, -0.05) is 85.4 Å². The summed E-state index contributed by atoms with van der Waals surface area (Å²) in [4.78, 5) is 14.6. The van der Waals surface area contributed by atoms with E-state index in [1.807, 2.05) is 6.92 Å². The molecule has 0 fully saturated rings. The molecule has 0 aliphatic heterocycles. The number of hydrogen-bond acceptors (Lipinski definition) is 4. The maximum Gasteiger partial charge on any atom is 0.179 e. The molecule has 0 spiro atoms. The van der Waals surface area contributed by atoms with Crippen LogP contribution in [0.2, 0.25) is 0 Å². The van der Waals surface area contributed by atoms with Crippen molar-refractivity contribution < 1.29 is 20.1 Å². The van der Waals surface area contributed by atoms with Gasteiger partial charge in [-0.15, -0.1) is 0 Å². The Hall–Kier alpha value is -2.59. The van der Waals surface area contributed by atoms with Gasteiger partial charge in [-0.2, -0.15) is 0 Å². The molecule has 4 atom stereocenters. The van der Waals surface area contributed by atoms with E-state index in [2.05, 4.69) is 99.6 Å². The van der Waals surface area contributed by atoms with Crippen LogP contribution < -0.4 is 0 Å². The highest BCUT2D eigenvalue weighted by molar-refractivity contribution is 6.05. The predicted molar refractivity (Wildman–Crippen MR) is 193 cm³/mol. The van der Waals surface area contributed by atoms with Gasteiger partial charge in [0.15, 0.2) is 5.78 Å². The van der Waals surface area contributed by atoms with Crippen molar-refractivity contribution in [3.8, 4) is 0 Å². The van der Waals surface area contributed by atoms with Crippen molar-refractivity contribution in [1.82, 2.24) is 0 Å². The van der Waals surface area contributed by atoms with Crippen LogP contribution in [-0.4, -0.2) is 27.2 Å². The van der Waals surface area contributed by atoms with E-state index in [0.29, 0.717) is 43.6 Å². The molecule has 4 unspecified atom stereocenters. The largest absolute Gasteiger partial charge is 0.511 e. The summed E-state index contributed by atoms with van der Waals surface area (Å²) >= 11 is 0. The summed E-state index contributed by atoms with van der Waals surface area (Å²) in [5.74, 6) is -0.139. The van der Waals surface area contributed by atoms with Crippen molar-refractivity contribution in [2.45, 2.75) is 153 Å². The van der Waals surface area contributed by atoms with Gasteiger partial charge in [-0.3, -0.25) is 4.79 Å². The van der Waals surface area contributed by atoms with Crippen molar-refractivity contribution in [3.05, 3.63) is 80.9 Å². The van der Waals surface area contributed by atoms with Gasteiger partial charge in [-0.05, 0) is 131 Å². The van der Waals surface area contributed by atoms with Gasteiger partial charge in [0.25, 0.3) is 0 Å². The van der Waals surface area contributed by atoms with Gasteiger partial charge in [0.2, 0.25) is 0 Å². The minimum atomic E-state index is -1.24. The molecule has 0 aromatic heterocycles. The molecule has 1 rings (SSSR count). The summed E-state index contributed by atoms with van der Waals surface area (Å²) in [6.07, 6.45) is 17.5. The third-order valence-electron chi connectivity index (χ3n) is 9.31. The molecule has 4 heteroatoms. The molecule has 1 aliphatic carbocycles. The molecule has 3 N–H and O–H groups in total. The third-order valence-corrected chi connectivity index (χ3v) is 9.31. The van der Waals surface area contributed by atoms with Crippen LogP contribution in [0.15, 0.2) is 80.9 Å². The molecular formula is C41H66O4. The Labute approximate surface area is 276 Å². The second-order valence-electron chi connectivity index (χ2n) is 14.5. The highest BCUT2D eigenvalue weighted by Crippen LogP contribution is 2.49. The molecule has 0 bridgehead atoms. The fraction of sp³-hybridized carbons (Fsp3) is 0.634. The van der Waals surface area contributed by atoms with Crippen LogP contribution in [0.5, 0.6) is 0 Å². The van der Waals surface area contributed by atoms with Crippen molar-refractivity contribution in [2.75, 3.05) is 0 Å². The SMILES string of the molecule is CCCC(O)C1=C(O)C(C/C=C(/C)CCC=C(C)C)=C(O)C(C/C=C(\C)CCC=C(C)C)(CC(C)C(C)CCC=C(C)C)C1=O. The van der Waals surface area contributed by atoms with E-state index in [1.54, 1.807) is 0 Å². The smallest absolute Gasteiger partial charge is 0.179 e. The minimum absolute atomic E-state index is 0.0255. The van der Waals surface area contributed by atoms with Gasteiger partial charge < -0.3 is 15.3 Å². The first-order valence-corrected chi connectivity index (χ1v) is 17.4. The van der Waals surface area contributed by atoms with Crippen molar-refractivity contribution in [1.29, 1.82) is 0 Å². The van der Waals surface area contributed by atoms with Crippen LogP contribution in [0.1, 0.15) is 147 Å². The van der Waals surface area contributed by atoms with Gasteiger partial charge in [0, 0.05) is 5.57 Å². The summed E-state index contributed by atoms with van der Waals surface area (Å²) in [5.41, 5.74) is 5.40. The second-order valence-corrected chi connectivity index (χ2v) is 14.5. The van der Waals surface area contributed by atoms with E-state index < -0.39 is 11.5 Å². The molecular weight excluding hydrogens is 556 g/mol. The van der Waals surface area contributed by atoms with Gasteiger partial charge >= 0.3 is 0 Å². The van der Waals surface area contributed by atoms with E-state index in [9.17, 15) is 20.1 Å². The monoisotopic (exact) mass is 622 g/mol. The van der Waals surface area contributed by atoms with E-state index in [1.165, 1.54) is 22.3 Å². The highest BCUT2D eigenvalue weighted by Gasteiger charge is 2.51. The maximum atomic E-state index is 14.6. The lowest BCUT2D eigenvalue weighted by atomic mass is 9.63. The average Bonchev–Trinajstić information content (AvgIpc) is 2.94. The molecule has 254 valence electrons. The molecule has 0 amide bonds. The Bertz CT molecular complexity index is 1190. The molecule has 0 saturated carbocycles. The number of carbonyl (C=O) groups excluding carboxylic acids is 1. The number of hydrogen-bond donors (Lipinski definition) is 3. The number of allylic oxidation sites excluding steroid dienone is 12. The second kappa shape index (κ2) is 19.8. The highest BCUT2D eigenvalue weighted by atomic mass is 16.3. The fourth-order valence-corrected chi connectivity index (χ4v) is 6.09. The van der Waals surface area contributed by atoms with Gasteiger partial charge in [0.1, 0.15) is 11.5 Å². The van der Waals surface area contributed by atoms with Crippen LogP contribution in [0.25, 0.3) is 0 Å². The molecule has 1 aliphatic rings. The number of aliphatic hydroxyl groups excluding tert-OH is 3. The number of carbonyl (C=O) groups is 1. The molecule has 0 heterocycles. The molecule has 0 aromatic carbocycles. The standard InChI is InChI=1S/C41H66O4/c1-12-16-36(42)37-38(43)35(24-23-31(8)20-13-17-28(2)3)39(44)41(40(37)45,26-25-32(9)21-14-18-29(4)5)27-34(11)33(10)22-15-19-30(6)7/h17-19,23,25,33-34,36,42-44H,12-16,20-22,24,26-27H2,1-11H3/b31-23-,32-25+. The van der Waals surface area contributed by atoms with Crippen LogP contribution in [0.3, 0.4) is 0 Å². The Morgan fingerprint density at radius 1 is 0.733 bits per heavy atom. The number of rotatable bonds is 19. The van der Waals surface area contributed by atoms with E-state index in [-0.39, 0.29) is 28.8 Å². The van der Waals surface area contributed by atoms with E-state index in [4.69, 9.17) is 0 Å².